The van der Waals surface area contributed by atoms with Crippen molar-refractivity contribution in [1.82, 2.24) is 14.9 Å². The van der Waals surface area contributed by atoms with E-state index in [1.54, 1.807) is 31.4 Å². The number of nitrogen functional groups attached to an aromatic ring is 1. The van der Waals surface area contributed by atoms with Crippen LogP contribution in [0.4, 0.5) is 5.69 Å². The topological polar surface area (TPSA) is 114 Å². The molecule has 1 amide bonds. The molecule has 180 valence electrons. The van der Waals surface area contributed by atoms with Gasteiger partial charge in [-0.2, -0.15) is 0 Å². The molecule has 9 nitrogen and oxygen atoms in total. The van der Waals surface area contributed by atoms with Crippen LogP contribution < -0.4 is 25.4 Å². The third kappa shape index (κ3) is 6.45. The Hall–Kier alpha value is -4.18. The van der Waals surface area contributed by atoms with E-state index in [1.807, 2.05) is 55.5 Å². The molecule has 35 heavy (non-hydrogen) atoms. The van der Waals surface area contributed by atoms with E-state index in [2.05, 4.69) is 15.5 Å². The molecule has 3 aromatic carbocycles. The van der Waals surface area contributed by atoms with Gasteiger partial charge in [-0.3, -0.25) is 4.79 Å². The average molecular weight is 492 g/mol. The number of carbonyl (C=O) groups is 1. The van der Waals surface area contributed by atoms with Gasteiger partial charge >= 0.3 is 0 Å². The molecule has 0 saturated carbocycles. The Labute approximate surface area is 207 Å². The first-order chi connectivity index (χ1) is 17.0. The van der Waals surface area contributed by atoms with E-state index in [-0.39, 0.29) is 18.3 Å². The lowest BCUT2D eigenvalue weighted by atomic mass is 10.2. The zero-order valence-corrected chi connectivity index (χ0v) is 20.1. The Morgan fingerprint density at radius 1 is 1.00 bits per heavy atom. The summed E-state index contributed by atoms with van der Waals surface area (Å²) in [5.41, 5.74) is 1.71. The number of thioether (sulfide) groups is 1. The first-order valence-corrected chi connectivity index (χ1v) is 11.7. The number of ether oxygens (including phenoxy) is 3. The van der Waals surface area contributed by atoms with E-state index in [4.69, 9.17) is 20.1 Å². The van der Waals surface area contributed by atoms with Gasteiger partial charge in [-0.05, 0) is 43.3 Å². The van der Waals surface area contributed by atoms with Gasteiger partial charge in [-0.15, -0.1) is 10.2 Å². The molecule has 0 aliphatic rings. The molecule has 0 aliphatic heterocycles. The predicted molar refractivity (Wildman–Crippen MR) is 135 cm³/mol. The molecular formula is C25H25N5O4S. The zero-order chi connectivity index (χ0) is 24.6. The van der Waals surface area contributed by atoms with E-state index < -0.39 is 0 Å². The molecule has 0 bridgehead atoms. The fraction of sp³-hybridized carbons (Fsp3) is 0.160. The maximum absolute atomic E-state index is 12.6. The van der Waals surface area contributed by atoms with Crippen LogP contribution in [0.25, 0.3) is 0 Å². The lowest BCUT2D eigenvalue weighted by Gasteiger charge is -2.12. The van der Waals surface area contributed by atoms with Gasteiger partial charge in [0.05, 0.1) is 18.6 Å². The van der Waals surface area contributed by atoms with Gasteiger partial charge in [-0.1, -0.05) is 47.7 Å². The van der Waals surface area contributed by atoms with Crippen molar-refractivity contribution in [3.05, 3.63) is 84.2 Å². The van der Waals surface area contributed by atoms with E-state index in [0.717, 1.165) is 5.56 Å². The Bertz CT molecular complexity index is 1290. The fourth-order valence-corrected chi connectivity index (χ4v) is 3.73. The number of para-hydroxylation sites is 2. The van der Waals surface area contributed by atoms with Crippen LogP contribution in [0, 0.1) is 6.92 Å². The second-order valence-corrected chi connectivity index (χ2v) is 8.43. The molecule has 0 radical (unpaired) electrons. The van der Waals surface area contributed by atoms with Crippen molar-refractivity contribution < 1.29 is 19.0 Å². The number of hydrogen-bond acceptors (Lipinski definition) is 8. The number of carbonyl (C=O) groups excluding carboxylic acids is 1. The van der Waals surface area contributed by atoms with Gasteiger partial charge < -0.3 is 25.4 Å². The average Bonchev–Trinajstić information content (AvgIpc) is 3.23. The molecule has 3 N–H and O–H groups in total. The van der Waals surface area contributed by atoms with Crippen molar-refractivity contribution in [2.45, 2.75) is 18.7 Å². The summed E-state index contributed by atoms with van der Waals surface area (Å²) in [6.07, 6.45) is 0. The number of aryl methyl sites for hydroxylation is 1. The number of benzene rings is 3. The van der Waals surface area contributed by atoms with Crippen molar-refractivity contribution in [1.29, 1.82) is 0 Å². The minimum atomic E-state index is -0.230. The normalized spacial score (nSPS) is 10.6. The van der Waals surface area contributed by atoms with Crippen LogP contribution in [0.3, 0.4) is 0 Å². The summed E-state index contributed by atoms with van der Waals surface area (Å²) in [5.74, 6) is 8.92. The summed E-state index contributed by atoms with van der Waals surface area (Å²) in [5, 5.41) is 11.4. The maximum Gasteiger partial charge on any atom is 0.234 e. The lowest BCUT2D eigenvalue weighted by molar-refractivity contribution is -0.113. The number of anilines is 1. The second kappa shape index (κ2) is 11.3. The number of hydrogen-bond donors (Lipinski definition) is 2. The molecule has 0 unspecified atom stereocenters. The van der Waals surface area contributed by atoms with Crippen molar-refractivity contribution in [2.75, 3.05) is 24.0 Å². The highest BCUT2D eigenvalue weighted by atomic mass is 32.2. The molecule has 0 aliphatic carbocycles. The van der Waals surface area contributed by atoms with Crippen molar-refractivity contribution in [3.63, 3.8) is 0 Å². The predicted octanol–water partition coefficient (Wildman–Crippen LogP) is 4.41. The van der Waals surface area contributed by atoms with Crippen molar-refractivity contribution in [3.8, 4) is 23.0 Å². The van der Waals surface area contributed by atoms with Crippen LogP contribution in [-0.4, -0.2) is 33.6 Å². The van der Waals surface area contributed by atoms with Gasteiger partial charge in [0, 0.05) is 6.07 Å². The zero-order valence-electron chi connectivity index (χ0n) is 19.3. The van der Waals surface area contributed by atoms with Crippen LogP contribution in [0.5, 0.6) is 23.0 Å². The van der Waals surface area contributed by atoms with Gasteiger partial charge in [0.25, 0.3) is 0 Å². The lowest BCUT2D eigenvalue weighted by Crippen LogP contribution is -2.18. The highest BCUT2D eigenvalue weighted by Crippen LogP contribution is 2.30. The highest BCUT2D eigenvalue weighted by Gasteiger charge is 2.14. The molecule has 4 rings (SSSR count). The molecule has 0 fully saturated rings. The molecule has 0 spiro atoms. The molecule has 1 aromatic heterocycles. The minimum Gasteiger partial charge on any atom is -0.497 e. The number of methoxy groups -OCH3 is 1. The summed E-state index contributed by atoms with van der Waals surface area (Å²) in [6, 6.07) is 22.2. The Balaban J connectivity index is 1.32. The van der Waals surface area contributed by atoms with Crippen molar-refractivity contribution in [2.24, 2.45) is 0 Å². The summed E-state index contributed by atoms with van der Waals surface area (Å²) in [7, 11) is 1.59. The number of rotatable bonds is 10. The van der Waals surface area contributed by atoms with Gasteiger partial charge in [0.15, 0.2) is 11.6 Å². The Morgan fingerprint density at radius 3 is 2.57 bits per heavy atom. The SMILES string of the molecule is COc1cccc(OCc2nnc(SCC(=O)Nc3ccccc3Oc3ccc(C)cc3)n2N)c1. The fourth-order valence-electron chi connectivity index (χ4n) is 3.05. The number of nitrogens with two attached hydrogens (primary N) is 1. The molecule has 0 atom stereocenters. The van der Waals surface area contributed by atoms with E-state index in [1.165, 1.54) is 16.4 Å². The van der Waals surface area contributed by atoms with E-state index in [9.17, 15) is 4.79 Å². The molecule has 10 heteroatoms. The van der Waals surface area contributed by atoms with Gasteiger partial charge in [0.2, 0.25) is 11.1 Å². The monoisotopic (exact) mass is 491 g/mol. The van der Waals surface area contributed by atoms with Crippen molar-refractivity contribution >= 4 is 23.4 Å². The third-order valence-corrected chi connectivity index (χ3v) is 5.83. The summed E-state index contributed by atoms with van der Waals surface area (Å²) >= 11 is 1.17. The number of nitrogens with one attached hydrogen (secondary N) is 1. The van der Waals surface area contributed by atoms with Crippen LogP contribution in [0.15, 0.2) is 78.0 Å². The van der Waals surface area contributed by atoms with Crippen LogP contribution >= 0.6 is 11.8 Å². The molecule has 4 aromatic rings. The number of aromatic nitrogens is 3. The van der Waals surface area contributed by atoms with Gasteiger partial charge in [0.1, 0.15) is 23.9 Å². The summed E-state index contributed by atoms with van der Waals surface area (Å²) < 4.78 is 18.2. The molecule has 0 saturated heterocycles. The largest absolute Gasteiger partial charge is 0.497 e. The quantitative estimate of drug-likeness (QED) is 0.248. The first kappa shape index (κ1) is 24.0. The highest BCUT2D eigenvalue weighted by molar-refractivity contribution is 7.99. The molecule has 1 heterocycles. The van der Waals surface area contributed by atoms with E-state index in [0.29, 0.717) is 39.7 Å². The second-order valence-electron chi connectivity index (χ2n) is 7.48. The third-order valence-electron chi connectivity index (χ3n) is 4.89. The number of amides is 1. The Morgan fingerprint density at radius 2 is 1.77 bits per heavy atom. The van der Waals surface area contributed by atoms with Crippen LogP contribution in [0.1, 0.15) is 11.4 Å². The Kier molecular flexibility index (Phi) is 7.74. The van der Waals surface area contributed by atoms with Gasteiger partial charge in [-0.25, -0.2) is 4.68 Å². The van der Waals surface area contributed by atoms with Crippen LogP contribution in [-0.2, 0) is 11.4 Å². The smallest absolute Gasteiger partial charge is 0.234 e. The summed E-state index contributed by atoms with van der Waals surface area (Å²) in [4.78, 5) is 12.6. The first-order valence-electron chi connectivity index (χ1n) is 10.7. The minimum absolute atomic E-state index is 0.0882. The number of nitrogens with zero attached hydrogens (tertiary/aromatic N) is 3. The maximum atomic E-state index is 12.6. The van der Waals surface area contributed by atoms with E-state index >= 15 is 0 Å². The molecular weight excluding hydrogens is 466 g/mol. The summed E-state index contributed by atoms with van der Waals surface area (Å²) in [6.45, 7) is 2.13. The van der Waals surface area contributed by atoms with Crippen LogP contribution in [0.2, 0.25) is 0 Å². The standard InChI is InChI=1S/C25H25N5O4S/c1-17-10-12-18(13-11-17)34-22-9-4-3-8-21(22)27-24(31)16-35-25-29-28-23(30(25)26)15-33-20-7-5-6-19(14-20)32-2/h3-14H,15-16,26H2,1-2H3,(H,27,31).